The van der Waals surface area contributed by atoms with Gasteiger partial charge in [0.25, 0.3) is 0 Å². The standard InChI is InChI=1S/C13H20BNO2/c1-11-4-2-3-9-15(11)10-12-5-7-13(8-6-12)14(16)17/h5-8,11,16-17H,2-4,9-10H2,1H3. The maximum Gasteiger partial charge on any atom is 0.488 e. The van der Waals surface area contributed by atoms with Crippen LogP contribution in [0.3, 0.4) is 0 Å². The number of hydrogen-bond donors (Lipinski definition) is 2. The number of nitrogens with zero attached hydrogens (tertiary/aromatic N) is 1. The number of benzene rings is 1. The van der Waals surface area contributed by atoms with Crippen LogP contribution < -0.4 is 5.46 Å². The van der Waals surface area contributed by atoms with E-state index in [1.54, 1.807) is 12.1 Å². The first-order valence-corrected chi connectivity index (χ1v) is 6.36. The van der Waals surface area contributed by atoms with Crippen molar-refractivity contribution in [2.24, 2.45) is 0 Å². The van der Waals surface area contributed by atoms with E-state index in [9.17, 15) is 0 Å². The van der Waals surface area contributed by atoms with Gasteiger partial charge in [-0.15, -0.1) is 0 Å². The molecule has 1 aromatic rings. The minimum absolute atomic E-state index is 0.556. The van der Waals surface area contributed by atoms with Crippen molar-refractivity contribution in [2.75, 3.05) is 6.54 Å². The van der Waals surface area contributed by atoms with E-state index in [-0.39, 0.29) is 0 Å². The lowest BCUT2D eigenvalue weighted by Crippen LogP contribution is -2.37. The van der Waals surface area contributed by atoms with Gasteiger partial charge in [-0.05, 0) is 37.3 Å². The predicted molar refractivity (Wildman–Crippen MR) is 70.0 cm³/mol. The summed E-state index contributed by atoms with van der Waals surface area (Å²) in [7, 11) is -1.36. The second-order valence-electron chi connectivity index (χ2n) is 4.93. The third-order valence-electron chi connectivity index (χ3n) is 3.60. The molecule has 4 heteroatoms. The zero-order chi connectivity index (χ0) is 12.3. The highest BCUT2D eigenvalue weighted by atomic mass is 16.4. The molecule has 3 nitrogen and oxygen atoms in total. The van der Waals surface area contributed by atoms with Crippen LogP contribution in [-0.4, -0.2) is 34.7 Å². The molecule has 1 aliphatic heterocycles. The molecule has 92 valence electrons. The van der Waals surface area contributed by atoms with Crippen LogP contribution in [-0.2, 0) is 6.54 Å². The number of hydrogen-bond acceptors (Lipinski definition) is 3. The van der Waals surface area contributed by atoms with Crippen molar-refractivity contribution in [1.82, 2.24) is 4.90 Å². The highest BCUT2D eigenvalue weighted by Gasteiger charge is 2.18. The molecule has 1 saturated heterocycles. The van der Waals surface area contributed by atoms with Gasteiger partial charge in [0.05, 0.1) is 0 Å². The molecule has 0 aliphatic carbocycles. The Kier molecular flexibility index (Phi) is 4.21. The molecule has 0 spiro atoms. The first kappa shape index (κ1) is 12.6. The van der Waals surface area contributed by atoms with Gasteiger partial charge in [0.1, 0.15) is 0 Å². The fraction of sp³-hybridized carbons (Fsp3) is 0.538. The van der Waals surface area contributed by atoms with Crippen LogP contribution in [0.2, 0.25) is 0 Å². The maximum absolute atomic E-state index is 9.02. The van der Waals surface area contributed by atoms with Crippen LogP contribution in [0.5, 0.6) is 0 Å². The van der Waals surface area contributed by atoms with Gasteiger partial charge >= 0.3 is 7.12 Å². The van der Waals surface area contributed by atoms with E-state index in [2.05, 4.69) is 11.8 Å². The second-order valence-corrected chi connectivity index (χ2v) is 4.93. The fourth-order valence-corrected chi connectivity index (χ4v) is 2.42. The fourth-order valence-electron chi connectivity index (χ4n) is 2.42. The largest absolute Gasteiger partial charge is 0.488 e. The van der Waals surface area contributed by atoms with Crippen molar-refractivity contribution >= 4 is 12.6 Å². The molecule has 1 atom stereocenters. The van der Waals surface area contributed by atoms with Crippen molar-refractivity contribution in [2.45, 2.75) is 38.8 Å². The molecule has 1 heterocycles. The smallest absolute Gasteiger partial charge is 0.423 e. The Morgan fingerprint density at radius 1 is 1.24 bits per heavy atom. The third-order valence-corrected chi connectivity index (χ3v) is 3.60. The lowest BCUT2D eigenvalue weighted by atomic mass is 9.80. The Morgan fingerprint density at radius 2 is 1.94 bits per heavy atom. The summed E-state index contributed by atoms with van der Waals surface area (Å²) in [6.07, 6.45) is 3.92. The predicted octanol–water partition coefficient (Wildman–Crippen LogP) is 0.741. The monoisotopic (exact) mass is 233 g/mol. The average Bonchev–Trinajstić information content (AvgIpc) is 2.33. The normalized spacial score (nSPS) is 21.5. The lowest BCUT2D eigenvalue weighted by molar-refractivity contribution is 0.152. The van der Waals surface area contributed by atoms with Gasteiger partial charge in [-0.1, -0.05) is 30.7 Å². The van der Waals surface area contributed by atoms with E-state index < -0.39 is 7.12 Å². The van der Waals surface area contributed by atoms with Gasteiger partial charge in [0.2, 0.25) is 0 Å². The van der Waals surface area contributed by atoms with Crippen LogP contribution in [0.4, 0.5) is 0 Å². The first-order chi connectivity index (χ1) is 8.16. The molecule has 1 aliphatic rings. The summed E-state index contributed by atoms with van der Waals surface area (Å²) >= 11 is 0. The van der Waals surface area contributed by atoms with Gasteiger partial charge < -0.3 is 10.0 Å². The molecule has 0 radical (unpaired) electrons. The van der Waals surface area contributed by atoms with Gasteiger partial charge in [-0.3, -0.25) is 4.90 Å². The molecule has 0 aromatic heterocycles. The van der Waals surface area contributed by atoms with Gasteiger partial charge in [0.15, 0.2) is 0 Å². The summed E-state index contributed by atoms with van der Waals surface area (Å²) in [5.74, 6) is 0. The van der Waals surface area contributed by atoms with E-state index >= 15 is 0 Å². The molecule has 0 saturated carbocycles. The molecular weight excluding hydrogens is 213 g/mol. The molecule has 0 bridgehead atoms. The van der Waals surface area contributed by atoms with Crippen LogP contribution in [0, 0.1) is 0 Å². The van der Waals surface area contributed by atoms with Crippen molar-refractivity contribution in [3.63, 3.8) is 0 Å². The van der Waals surface area contributed by atoms with E-state index in [1.807, 2.05) is 12.1 Å². The third kappa shape index (κ3) is 3.31. The summed E-state index contributed by atoms with van der Waals surface area (Å²) in [4.78, 5) is 2.49. The highest BCUT2D eigenvalue weighted by molar-refractivity contribution is 6.58. The quantitative estimate of drug-likeness (QED) is 0.757. The first-order valence-electron chi connectivity index (χ1n) is 6.36. The molecule has 1 unspecified atom stereocenters. The molecule has 0 amide bonds. The van der Waals surface area contributed by atoms with Gasteiger partial charge in [-0.25, -0.2) is 0 Å². The van der Waals surface area contributed by atoms with Crippen molar-refractivity contribution in [3.8, 4) is 0 Å². The lowest BCUT2D eigenvalue weighted by Gasteiger charge is -2.33. The van der Waals surface area contributed by atoms with Crippen LogP contribution >= 0.6 is 0 Å². The number of rotatable bonds is 3. The Balaban J connectivity index is 1.98. The van der Waals surface area contributed by atoms with E-state index in [4.69, 9.17) is 10.0 Å². The van der Waals surface area contributed by atoms with Gasteiger partial charge in [0, 0.05) is 12.6 Å². The van der Waals surface area contributed by atoms with E-state index in [0.29, 0.717) is 11.5 Å². The van der Waals surface area contributed by atoms with Gasteiger partial charge in [-0.2, -0.15) is 0 Å². The Bertz CT molecular complexity index is 353. The SMILES string of the molecule is CC1CCCCN1Cc1ccc(B(O)O)cc1. The summed E-state index contributed by atoms with van der Waals surface area (Å²) in [6.45, 7) is 4.42. The zero-order valence-corrected chi connectivity index (χ0v) is 10.3. The molecule has 2 rings (SSSR count). The Hall–Kier alpha value is -0.835. The molecule has 2 N–H and O–H groups in total. The van der Waals surface area contributed by atoms with E-state index in [1.165, 1.54) is 31.4 Å². The summed E-state index contributed by atoms with van der Waals surface area (Å²) in [5, 5.41) is 18.0. The van der Waals surface area contributed by atoms with Crippen LogP contribution in [0.1, 0.15) is 31.7 Å². The summed E-state index contributed by atoms with van der Waals surface area (Å²) < 4.78 is 0. The van der Waals surface area contributed by atoms with Crippen molar-refractivity contribution in [1.29, 1.82) is 0 Å². The average molecular weight is 233 g/mol. The molecule has 17 heavy (non-hydrogen) atoms. The maximum atomic E-state index is 9.02. The number of likely N-dealkylation sites (tertiary alicyclic amines) is 1. The second kappa shape index (κ2) is 5.67. The zero-order valence-electron chi connectivity index (χ0n) is 10.3. The molecular formula is C13H20BNO2. The summed E-state index contributed by atoms with van der Waals surface area (Å²) in [6, 6.07) is 8.20. The minimum atomic E-state index is -1.36. The number of piperidine rings is 1. The molecule has 1 aromatic carbocycles. The Morgan fingerprint density at radius 3 is 2.53 bits per heavy atom. The highest BCUT2D eigenvalue weighted by Crippen LogP contribution is 2.18. The topological polar surface area (TPSA) is 43.7 Å². The minimum Gasteiger partial charge on any atom is -0.423 e. The van der Waals surface area contributed by atoms with Crippen molar-refractivity contribution in [3.05, 3.63) is 29.8 Å². The van der Waals surface area contributed by atoms with Crippen LogP contribution in [0.25, 0.3) is 0 Å². The Labute approximate surface area is 103 Å². The van der Waals surface area contributed by atoms with Crippen LogP contribution in [0.15, 0.2) is 24.3 Å². The summed E-state index contributed by atoms with van der Waals surface area (Å²) in [5.41, 5.74) is 1.79. The van der Waals surface area contributed by atoms with Crippen molar-refractivity contribution < 1.29 is 10.0 Å². The van der Waals surface area contributed by atoms with E-state index in [0.717, 1.165) is 6.54 Å². The molecule has 1 fully saturated rings.